The molecule has 0 aliphatic carbocycles. The van der Waals surface area contributed by atoms with Crippen molar-refractivity contribution in [3.8, 4) is 0 Å². The maximum atomic E-state index is 12.6. The zero-order chi connectivity index (χ0) is 18.1. The van der Waals surface area contributed by atoms with Gasteiger partial charge in [-0.15, -0.1) is 6.58 Å². The van der Waals surface area contributed by atoms with Crippen LogP contribution < -0.4 is 4.80 Å². The van der Waals surface area contributed by atoms with Crippen LogP contribution in [0.3, 0.4) is 0 Å². The third-order valence-electron chi connectivity index (χ3n) is 4.10. The molecule has 130 valence electrons. The molecule has 0 radical (unpaired) electrons. The molecule has 0 bridgehead atoms. The van der Waals surface area contributed by atoms with Crippen molar-refractivity contribution in [2.45, 2.75) is 33.2 Å². The number of fused-ring (bicyclic) bond motifs is 1. The average Bonchev–Trinajstić information content (AvgIpc) is 3.07. The topological polar surface area (TPSA) is 52.2 Å². The molecule has 1 aromatic carbocycles. The minimum absolute atomic E-state index is 0.313. The predicted molar refractivity (Wildman–Crippen MR) is 102 cm³/mol. The molecule has 0 aliphatic heterocycles. The number of amides is 1. The van der Waals surface area contributed by atoms with Gasteiger partial charge in [-0.3, -0.25) is 9.48 Å². The van der Waals surface area contributed by atoms with Crippen LogP contribution in [0.1, 0.15) is 41.4 Å². The normalized spacial score (nSPS) is 12.3. The molecule has 3 aromatic rings. The van der Waals surface area contributed by atoms with Crippen LogP contribution >= 0.6 is 11.3 Å². The van der Waals surface area contributed by atoms with Crippen molar-refractivity contribution in [2.24, 2.45) is 12.0 Å². The number of rotatable bonds is 4. The highest BCUT2D eigenvalue weighted by Gasteiger charge is 2.14. The van der Waals surface area contributed by atoms with Crippen molar-refractivity contribution in [3.63, 3.8) is 0 Å². The molecule has 2 aromatic heterocycles. The zero-order valence-corrected chi connectivity index (χ0v) is 15.8. The van der Waals surface area contributed by atoms with Gasteiger partial charge in [-0.25, -0.2) is 0 Å². The van der Waals surface area contributed by atoms with Crippen LogP contribution in [-0.2, 0) is 13.6 Å². The molecule has 0 fully saturated rings. The fourth-order valence-electron chi connectivity index (χ4n) is 2.80. The highest BCUT2D eigenvalue weighted by Crippen LogP contribution is 2.23. The van der Waals surface area contributed by atoms with E-state index in [2.05, 4.69) is 48.7 Å². The molecule has 0 spiro atoms. The first-order valence-electron chi connectivity index (χ1n) is 8.24. The second-order valence-electron chi connectivity index (χ2n) is 6.42. The van der Waals surface area contributed by atoms with Crippen molar-refractivity contribution >= 4 is 27.5 Å². The van der Waals surface area contributed by atoms with Gasteiger partial charge in [-0.2, -0.15) is 10.1 Å². The average molecular weight is 354 g/mol. The Kier molecular flexibility index (Phi) is 4.72. The first-order valence-corrected chi connectivity index (χ1v) is 9.06. The van der Waals surface area contributed by atoms with Crippen molar-refractivity contribution in [2.75, 3.05) is 0 Å². The molecule has 25 heavy (non-hydrogen) atoms. The summed E-state index contributed by atoms with van der Waals surface area (Å²) in [4.78, 5) is 17.6. The number of nitrogens with zero attached hydrogens (tertiary/aromatic N) is 4. The maximum absolute atomic E-state index is 12.6. The highest BCUT2D eigenvalue weighted by atomic mass is 32.1. The minimum atomic E-state index is -0.313. The summed E-state index contributed by atoms with van der Waals surface area (Å²) >= 11 is 1.52. The second kappa shape index (κ2) is 6.80. The van der Waals surface area contributed by atoms with Gasteiger partial charge in [0.2, 0.25) is 0 Å². The van der Waals surface area contributed by atoms with E-state index in [-0.39, 0.29) is 5.91 Å². The number of carbonyl (C=O) groups excluding carboxylic acids is 1. The van der Waals surface area contributed by atoms with E-state index in [1.807, 2.05) is 23.8 Å². The highest BCUT2D eigenvalue weighted by molar-refractivity contribution is 7.16. The van der Waals surface area contributed by atoms with E-state index < -0.39 is 0 Å². The monoisotopic (exact) mass is 354 g/mol. The van der Waals surface area contributed by atoms with Gasteiger partial charge in [0.15, 0.2) is 10.5 Å². The van der Waals surface area contributed by atoms with Gasteiger partial charge in [0, 0.05) is 25.4 Å². The summed E-state index contributed by atoms with van der Waals surface area (Å²) in [6.45, 7) is 10.6. The lowest BCUT2D eigenvalue weighted by Crippen LogP contribution is -2.16. The van der Waals surface area contributed by atoms with Crippen molar-refractivity contribution < 1.29 is 4.79 Å². The Labute approximate surface area is 150 Å². The molecule has 1 amide bonds. The lowest BCUT2D eigenvalue weighted by atomic mass is 10.0. The summed E-state index contributed by atoms with van der Waals surface area (Å²) in [6.07, 6.45) is 3.64. The second-order valence-corrected chi connectivity index (χ2v) is 7.43. The van der Waals surface area contributed by atoms with Crippen LogP contribution in [0.5, 0.6) is 0 Å². The Morgan fingerprint density at radius 1 is 1.44 bits per heavy atom. The van der Waals surface area contributed by atoms with E-state index in [1.165, 1.54) is 16.9 Å². The summed E-state index contributed by atoms with van der Waals surface area (Å²) in [6, 6.07) is 6.41. The number of hydrogen-bond acceptors (Lipinski definition) is 3. The van der Waals surface area contributed by atoms with Gasteiger partial charge < -0.3 is 4.57 Å². The van der Waals surface area contributed by atoms with Crippen LogP contribution in [0.15, 0.2) is 42.0 Å². The van der Waals surface area contributed by atoms with Gasteiger partial charge in [0.1, 0.15) is 0 Å². The van der Waals surface area contributed by atoms with Gasteiger partial charge >= 0.3 is 0 Å². The number of aromatic nitrogens is 3. The van der Waals surface area contributed by atoms with Crippen molar-refractivity contribution in [1.29, 1.82) is 0 Å². The van der Waals surface area contributed by atoms with Gasteiger partial charge in [-0.1, -0.05) is 37.3 Å². The molecule has 0 unspecified atom stereocenters. The summed E-state index contributed by atoms with van der Waals surface area (Å²) < 4.78 is 4.78. The number of benzene rings is 1. The Morgan fingerprint density at radius 3 is 2.80 bits per heavy atom. The first-order chi connectivity index (χ1) is 11.9. The molecule has 3 rings (SSSR count). The first kappa shape index (κ1) is 17.4. The third-order valence-corrected chi connectivity index (χ3v) is 5.14. The Balaban J connectivity index is 2.16. The molecular formula is C19H22N4OS. The quantitative estimate of drug-likeness (QED) is 0.669. The van der Waals surface area contributed by atoms with E-state index in [0.29, 0.717) is 23.0 Å². The number of allylic oxidation sites excluding steroid dienone is 1. The SMILES string of the molecule is C=CCn1c(=NC(=O)c2nn(C)cc2C)sc2cc(C(C)C)ccc21. The molecule has 0 saturated carbocycles. The van der Waals surface area contributed by atoms with Crippen LogP contribution in [0.4, 0.5) is 0 Å². The number of thiazole rings is 1. The maximum Gasteiger partial charge on any atom is 0.300 e. The van der Waals surface area contributed by atoms with Gasteiger partial charge in [0.05, 0.1) is 10.2 Å². The standard InChI is InChI=1S/C19H22N4OS/c1-6-9-23-15-8-7-14(12(2)3)10-16(15)25-19(23)20-18(24)17-13(4)11-22(5)21-17/h6-8,10-12H,1,9H2,2-5H3. The summed E-state index contributed by atoms with van der Waals surface area (Å²) in [5.41, 5.74) is 3.57. The van der Waals surface area contributed by atoms with Crippen molar-refractivity contribution in [3.05, 3.63) is 58.7 Å². The van der Waals surface area contributed by atoms with E-state index in [0.717, 1.165) is 15.8 Å². The molecule has 0 aliphatic rings. The third kappa shape index (κ3) is 3.35. The van der Waals surface area contributed by atoms with Crippen LogP contribution in [0, 0.1) is 6.92 Å². The Morgan fingerprint density at radius 2 is 2.20 bits per heavy atom. The summed E-state index contributed by atoms with van der Waals surface area (Å²) in [5.74, 6) is 0.143. The lowest BCUT2D eigenvalue weighted by Gasteiger charge is -2.05. The molecule has 5 nitrogen and oxygen atoms in total. The number of aryl methyl sites for hydroxylation is 2. The summed E-state index contributed by atoms with van der Waals surface area (Å²) in [7, 11) is 1.80. The van der Waals surface area contributed by atoms with Crippen molar-refractivity contribution in [1.82, 2.24) is 14.3 Å². The van der Waals surface area contributed by atoms with E-state index >= 15 is 0 Å². The molecule has 0 saturated heterocycles. The fraction of sp³-hybridized carbons (Fsp3) is 0.316. The number of carbonyl (C=O) groups is 1. The Hall–Kier alpha value is -2.47. The van der Waals surface area contributed by atoms with E-state index in [1.54, 1.807) is 11.7 Å². The van der Waals surface area contributed by atoms with Crippen LogP contribution in [-0.4, -0.2) is 20.3 Å². The van der Waals surface area contributed by atoms with E-state index in [4.69, 9.17) is 0 Å². The zero-order valence-electron chi connectivity index (χ0n) is 15.0. The largest absolute Gasteiger partial charge is 0.312 e. The minimum Gasteiger partial charge on any atom is -0.312 e. The van der Waals surface area contributed by atoms with Crippen LogP contribution in [0.25, 0.3) is 10.2 Å². The molecule has 0 N–H and O–H groups in total. The molecule has 6 heteroatoms. The van der Waals surface area contributed by atoms with Crippen LogP contribution in [0.2, 0.25) is 0 Å². The molecular weight excluding hydrogens is 332 g/mol. The smallest absolute Gasteiger partial charge is 0.300 e. The van der Waals surface area contributed by atoms with Gasteiger partial charge in [0.25, 0.3) is 5.91 Å². The molecule has 2 heterocycles. The lowest BCUT2D eigenvalue weighted by molar-refractivity contribution is 0.0992. The number of hydrogen-bond donors (Lipinski definition) is 0. The van der Waals surface area contributed by atoms with Gasteiger partial charge in [-0.05, 0) is 30.5 Å². The summed E-state index contributed by atoms with van der Waals surface area (Å²) in [5, 5.41) is 4.22. The fourth-order valence-corrected chi connectivity index (χ4v) is 3.88. The molecule has 0 atom stereocenters. The van der Waals surface area contributed by atoms with E-state index in [9.17, 15) is 4.79 Å². The predicted octanol–water partition coefficient (Wildman–Crippen LogP) is 3.80. The Bertz CT molecular complexity index is 1020.